The average Bonchev–Trinajstić information content (AvgIpc) is 3.32. The molecule has 0 spiro atoms. The van der Waals surface area contributed by atoms with Gasteiger partial charge in [0.25, 0.3) is 5.91 Å². The number of benzene rings is 2. The highest BCUT2D eigenvalue weighted by Gasteiger charge is 2.39. The van der Waals surface area contributed by atoms with Gasteiger partial charge in [0.1, 0.15) is 6.04 Å². The first-order valence-electron chi connectivity index (χ1n) is 10.9. The van der Waals surface area contributed by atoms with Crippen molar-refractivity contribution in [3.63, 3.8) is 0 Å². The molecule has 0 aromatic heterocycles. The molecule has 33 heavy (non-hydrogen) atoms. The van der Waals surface area contributed by atoms with Gasteiger partial charge in [-0.1, -0.05) is 18.2 Å². The van der Waals surface area contributed by atoms with Crippen molar-refractivity contribution in [2.45, 2.75) is 31.3 Å². The summed E-state index contributed by atoms with van der Waals surface area (Å²) in [5.74, 6) is -0.897. The predicted octanol–water partition coefficient (Wildman–Crippen LogP) is 2.23. The zero-order chi connectivity index (χ0) is 23.1. The third kappa shape index (κ3) is 3.74. The fourth-order valence-electron chi connectivity index (χ4n) is 4.87. The number of fused-ring (bicyclic) bond motifs is 2. The van der Waals surface area contributed by atoms with Gasteiger partial charge in [0.15, 0.2) is 0 Å². The van der Waals surface area contributed by atoms with Crippen molar-refractivity contribution in [2.75, 3.05) is 30.5 Å². The lowest BCUT2D eigenvalue weighted by Gasteiger charge is -2.29. The van der Waals surface area contributed by atoms with Gasteiger partial charge in [-0.05, 0) is 41.8 Å². The number of para-hydroxylation sites is 1. The van der Waals surface area contributed by atoms with Crippen molar-refractivity contribution < 1.29 is 23.9 Å². The Labute approximate surface area is 190 Å². The van der Waals surface area contributed by atoms with Gasteiger partial charge in [-0.3, -0.25) is 24.6 Å². The number of urea groups is 1. The van der Waals surface area contributed by atoms with Gasteiger partial charge in [0.05, 0.1) is 6.61 Å². The van der Waals surface area contributed by atoms with Crippen LogP contribution in [0.5, 0.6) is 0 Å². The van der Waals surface area contributed by atoms with Crippen LogP contribution in [0.25, 0.3) is 0 Å². The number of nitrogens with zero attached hydrogens (tertiary/aromatic N) is 2. The minimum Gasteiger partial charge on any atom is -0.384 e. The molecule has 0 aliphatic carbocycles. The van der Waals surface area contributed by atoms with Gasteiger partial charge >= 0.3 is 6.03 Å². The van der Waals surface area contributed by atoms with Crippen molar-refractivity contribution in [3.05, 3.63) is 59.2 Å². The molecule has 0 saturated carbocycles. The molecule has 0 radical (unpaired) electrons. The number of methoxy groups -OCH3 is 1. The molecule has 1 saturated heterocycles. The number of ether oxygens (including phenoxy) is 1. The lowest BCUT2D eigenvalue weighted by atomic mass is 10.0. The smallest absolute Gasteiger partial charge is 0.326 e. The number of hydrogen-bond acceptors (Lipinski definition) is 5. The van der Waals surface area contributed by atoms with E-state index in [1.165, 1.54) is 4.90 Å². The van der Waals surface area contributed by atoms with Gasteiger partial charge < -0.3 is 15.0 Å². The third-order valence-corrected chi connectivity index (χ3v) is 6.46. The summed E-state index contributed by atoms with van der Waals surface area (Å²) in [6.07, 6.45) is 0.518. The van der Waals surface area contributed by atoms with Crippen LogP contribution in [-0.2, 0) is 20.9 Å². The van der Waals surface area contributed by atoms with E-state index in [1.54, 1.807) is 30.2 Å². The number of rotatable bonds is 4. The Kier molecular flexibility index (Phi) is 5.33. The Balaban J connectivity index is 1.31. The van der Waals surface area contributed by atoms with Gasteiger partial charge in [0.2, 0.25) is 11.8 Å². The van der Waals surface area contributed by atoms with Crippen LogP contribution in [-0.4, -0.2) is 55.0 Å². The molecule has 0 bridgehead atoms. The van der Waals surface area contributed by atoms with E-state index in [0.29, 0.717) is 30.8 Å². The fraction of sp³-hybridized carbons (Fsp3) is 0.333. The summed E-state index contributed by atoms with van der Waals surface area (Å²) >= 11 is 0. The maximum Gasteiger partial charge on any atom is 0.326 e. The van der Waals surface area contributed by atoms with Crippen molar-refractivity contribution >= 4 is 35.1 Å². The summed E-state index contributed by atoms with van der Waals surface area (Å²) in [6, 6.07) is 12.0. The first kappa shape index (κ1) is 21.1. The van der Waals surface area contributed by atoms with Crippen LogP contribution in [0.4, 0.5) is 16.2 Å². The topological polar surface area (TPSA) is 108 Å². The van der Waals surface area contributed by atoms with Crippen LogP contribution in [0, 0.1) is 0 Å². The largest absolute Gasteiger partial charge is 0.384 e. The highest BCUT2D eigenvalue weighted by Crippen LogP contribution is 2.37. The van der Waals surface area contributed by atoms with Crippen LogP contribution in [0.15, 0.2) is 42.5 Å². The Morgan fingerprint density at radius 2 is 2.00 bits per heavy atom. The highest BCUT2D eigenvalue weighted by atomic mass is 16.5. The van der Waals surface area contributed by atoms with E-state index in [-0.39, 0.29) is 36.7 Å². The van der Waals surface area contributed by atoms with Crippen LogP contribution >= 0.6 is 0 Å². The predicted molar refractivity (Wildman–Crippen MR) is 120 cm³/mol. The molecule has 5 rings (SSSR count). The molecule has 2 aromatic carbocycles. The zero-order valence-corrected chi connectivity index (χ0v) is 18.2. The molecule has 2 N–H and O–H groups in total. The average molecular weight is 448 g/mol. The Bertz CT molecular complexity index is 1160. The van der Waals surface area contributed by atoms with Gasteiger partial charge in [0, 0.05) is 49.5 Å². The number of nitrogens with one attached hydrogen (secondary N) is 2. The number of hydrogen-bond donors (Lipinski definition) is 2. The minimum atomic E-state index is -0.667. The van der Waals surface area contributed by atoms with E-state index in [9.17, 15) is 19.2 Å². The maximum absolute atomic E-state index is 13.1. The van der Waals surface area contributed by atoms with Crippen molar-refractivity contribution in [1.29, 1.82) is 0 Å². The Hall–Kier alpha value is -3.72. The summed E-state index contributed by atoms with van der Waals surface area (Å²) in [5.41, 5.74) is 3.75. The monoisotopic (exact) mass is 448 g/mol. The van der Waals surface area contributed by atoms with E-state index in [1.807, 2.05) is 24.3 Å². The van der Waals surface area contributed by atoms with E-state index < -0.39 is 11.9 Å². The molecule has 2 unspecified atom stereocenters. The van der Waals surface area contributed by atoms with Crippen LogP contribution in [0.2, 0.25) is 0 Å². The summed E-state index contributed by atoms with van der Waals surface area (Å²) in [6.45, 7) is 1.30. The van der Waals surface area contributed by atoms with Crippen LogP contribution in [0.1, 0.15) is 40.2 Å². The lowest BCUT2D eigenvalue weighted by molar-refractivity contribution is -0.136. The van der Waals surface area contributed by atoms with Crippen molar-refractivity contribution in [2.24, 2.45) is 0 Å². The fourth-order valence-corrected chi connectivity index (χ4v) is 4.87. The number of imide groups is 1. The van der Waals surface area contributed by atoms with Gasteiger partial charge in [-0.2, -0.15) is 0 Å². The molecular weight excluding hydrogens is 424 g/mol. The molecule has 5 amide bonds. The molecule has 9 heteroatoms. The minimum absolute atomic E-state index is 0.108. The van der Waals surface area contributed by atoms with Gasteiger partial charge in [-0.15, -0.1) is 0 Å². The molecule has 170 valence electrons. The highest BCUT2D eigenvalue weighted by molar-refractivity contribution is 6.06. The Morgan fingerprint density at radius 3 is 2.79 bits per heavy atom. The van der Waals surface area contributed by atoms with Crippen LogP contribution in [0.3, 0.4) is 0 Å². The van der Waals surface area contributed by atoms with E-state index in [4.69, 9.17) is 4.74 Å². The second kappa shape index (κ2) is 8.32. The first-order valence-corrected chi connectivity index (χ1v) is 10.9. The molecule has 3 aliphatic heterocycles. The Morgan fingerprint density at radius 1 is 1.18 bits per heavy atom. The normalized spacial score (nSPS) is 21.7. The second-order valence-corrected chi connectivity index (χ2v) is 8.52. The standard InChI is InChI=1S/C24H24N4O5/c1-33-13-15-12-28(19-5-3-2-4-17(15)19)24(32)25-16-6-7-18-14(10-16)11-27(23(18)31)20-8-9-21(29)26-22(20)30/h2-7,10,15,20H,8-9,11-13H2,1H3,(H,25,32)(H,26,29,30). The first-order chi connectivity index (χ1) is 16.0. The molecule has 3 heterocycles. The summed E-state index contributed by atoms with van der Waals surface area (Å²) in [5, 5.41) is 5.23. The number of carbonyl (C=O) groups is 4. The number of carbonyl (C=O) groups excluding carboxylic acids is 4. The quantitative estimate of drug-likeness (QED) is 0.698. The molecule has 3 aliphatic rings. The molecular formula is C24H24N4O5. The SMILES string of the molecule is COCC1CN(C(=O)Nc2ccc3c(c2)CN(C2CCC(=O)NC2=O)C3=O)c2ccccc21. The van der Waals surface area contributed by atoms with Gasteiger partial charge in [-0.25, -0.2) is 4.79 Å². The van der Waals surface area contributed by atoms with Crippen molar-refractivity contribution in [1.82, 2.24) is 10.2 Å². The van der Waals surface area contributed by atoms with E-state index in [0.717, 1.165) is 16.8 Å². The molecule has 2 aromatic rings. The number of piperidine rings is 1. The number of anilines is 2. The third-order valence-electron chi connectivity index (χ3n) is 6.46. The summed E-state index contributed by atoms with van der Waals surface area (Å²) < 4.78 is 5.32. The molecule has 9 nitrogen and oxygen atoms in total. The molecule has 2 atom stereocenters. The van der Waals surface area contributed by atoms with E-state index in [2.05, 4.69) is 10.6 Å². The zero-order valence-electron chi connectivity index (χ0n) is 18.2. The van der Waals surface area contributed by atoms with Crippen LogP contribution < -0.4 is 15.5 Å². The maximum atomic E-state index is 13.1. The summed E-state index contributed by atoms with van der Waals surface area (Å²) in [4.78, 5) is 52.8. The number of amides is 5. The molecule has 1 fully saturated rings. The van der Waals surface area contributed by atoms with Crippen molar-refractivity contribution in [3.8, 4) is 0 Å². The van der Waals surface area contributed by atoms with E-state index >= 15 is 0 Å². The second-order valence-electron chi connectivity index (χ2n) is 8.52. The lowest BCUT2D eigenvalue weighted by Crippen LogP contribution is -2.52. The summed E-state index contributed by atoms with van der Waals surface area (Å²) in [7, 11) is 1.65.